The van der Waals surface area contributed by atoms with E-state index in [1.54, 1.807) is 36.2 Å². The third-order valence-electron chi connectivity index (χ3n) is 3.33. The first-order chi connectivity index (χ1) is 13.7. The lowest BCUT2D eigenvalue weighted by Gasteiger charge is -1.97. The van der Waals surface area contributed by atoms with Crippen molar-refractivity contribution >= 4 is 70.0 Å². The molecule has 28 heavy (non-hydrogen) atoms. The normalized spacial score (nSPS) is 10.6. The summed E-state index contributed by atoms with van der Waals surface area (Å²) in [5.41, 5.74) is 3.31. The van der Waals surface area contributed by atoms with Gasteiger partial charge in [0.1, 0.15) is 41.4 Å². The SMILES string of the molecule is C=CCSc1n[nH]c(=S)c2nc[nH]c12.C=CCSc1n[nH]c(=S)c2nc[nH]c12. The van der Waals surface area contributed by atoms with Gasteiger partial charge in [-0.05, 0) is 0 Å². The Balaban J connectivity index is 0.000000161. The van der Waals surface area contributed by atoms with Crippen LogP contribution in [0.5, 0.6) is 0 Å². The lowest BCUT2D eigenvalue weighted by atomic mass is 10.5. The van der Waals surface area contributed by atoms with Crippen molar-refractivity contribution < 1.29 is 0 Å². The molecule has 0 saturated carbocycles. The lowest BCUT2D eigenvalue weighted by Crippen LogP contribution is -1.89. The summed E-state index contributed by atoms with van der Waals surface area (Å²) in [4.78, 5) is 14.3. The van der Waals surface area contributed by atoms with Crippen molar-refractivity contribution in [3.8, 4) is 0 Å². The second-order valence-corrected chi connectivity index (χ2v) is 8.00. The Morgan fingerprint density at radius 2 is 1.25 bits per heavy atom. The monoisotopic (exact) mass is 448 g/mol. The minimum atomic E-state index is 0.559. The minimum Gasteiger partial charge on any atom is -0.342 e. The third-order valence-corrected chi connectivity index (χ3v) is 5.84. The molecule has 4 rings (SSSR count). The van der Waals surface area contributed by atoms with E-state index in [2.05, 4.69) is 53.5 Å². The van der Waals surface area contributed by atoms with Gasteiger partial charge in [0.2, 0.25) is 0 Å². The molecule has 0 saturated heterocycles. The summed E-state index contributed by atoms with van der Waals surface area (Å²) in [6.45, 7) is 7.31. The largest absolute Gasteiger partial charge is 0.342 e. The van der Waals surface area contributed by atoms with E-state index in [0.29, 0.717) is 9.28 Å². The molecule has 0 spiro atoms. The van der Waals surface area contributed by atoms with Crippen LogP contribution in [0.4, 0.5) is 0 Å². The number of nitrogens with zero attached hydrogens (tertiary/aromatic N) is 4. The van der Waals surface area contributed by atoms with Gasteiger partial charge < -0.3 is 9.97 Å². The van der Waals surface area contributed by atoms with E-state index in [4.69, 9.17) is 24.4 Å². The van der Waals surface area contributed by atoms with Gasteiger partial charge in [0.25, 0.3) is 0 Å². The zero-order valence-corrected chi connectivity index (χ0v) is 17.8. The maximum atomic E-state index is 5.05. The summed E-state index contributed by atoms with van der Waals surface area (Å²) in [5, 5.41) is 15.5. The highest BCUT2D eigenvalue weighted by Crippen LogP contribution is 2.23. The smallest absolute Gasteiger partial charge is 0.147 e. The lowest BCUT2D eigenvalue weighted by molar-refractivity contribution is 0.940. The molecule has 0 aliphatic heterocycles. The van der Waals surface area contributed by atoms with Crippen molar-refractivity contribution in [3.63, 3.8) is 0 Å². The zero-order valence-electron chi connectivity index (χ0n) is 14.6. The van der Waals surface area contributed by atoms with Gasteiger partial charge >= 0.3 is 0 Å². The number of imidazole rings is 2. The molecule has 0 unspecified atom stereocenters. The molecule has 4 N–H and O–H groups in total. The molecular weight excluding hydrogens is 433 g/mol. The number of H-pyrrole nitrogens is 4. The summed E-state index contributed by atoms with van der Waals surface area (Å²) >= 11 is 13.3. The molecule has 0 aromatic carbocycles. The summed E-state index contributed by atoms with van der Waals surface area (Å²) in [7, 11) is 0. The predicted octanol–water partition coefficient (Wildman–Crippen LogP) is 4.59. The number of aromatic nitrogens is 8. The van der Waals surface area contributed by atoms with Gasteiger partial charge in [-0.25, -0.2) is 9.97 Å². The maximum absolute atomic E-state index is 5.05. The summed E-state index contributed by atoms with van der Waals surface area (Å²) < 4.78 is 1.12. The fourth-order valence-corrected chi connectivity index (χ4v) is 3.94. The number of hydrogen-bond donors (Lipinski definition) is 4. The summed E-state index contributed by atoms with van der Waals surface area (Å²) in [5.74, 6) is 1.62. The van der Waals surface area contributed by atoms with E-state index >= 15 is 0 Å². The molecule has 0 aliphatic rings. The number of nitrogens with one attached hydrogen (secondary N) is 4. The second-order valence-electron chi connectivity index (χ2n) is 5.17. The first-order valence-corrected chi connectivity index (χ1v) is 10.7. The Morgan fingerprint density at radius 3 is 1.64 bits per heavy atom. The highest BCUT2D eigenvalue weighted by Gasteiger charge is 2.07. The van der Waals surface area contributed by atoms with Gasteiger partial charge in [-0.15, -0.1) is 13.2 Å². The second kappa shape index (κ2) is 9.78. The highest BCUT2D eigenvalue weighted by molar-refractivity contribution is 7.99. The highest BCUT2D eigenvalue weighted by atomic mass is 32.2. The number of thioether (sulfide) groups is 2. The van der Waals surface area contributed by atoms with Crippen molar-refractivity contribution in [2.75, 3.05) is 11.5 Å². The van der Waals surface area contributed by atoms with Gasteiger partial charge in [-0.1, -0.05) is 60.1 Å². The third kappa shape index (κ3) is 4.58. The van der Waals surface area contributed by atoms with Crippen LogP contribution >= 0.6 is 48.0 Å². The van der Waals surface area contributed by atoms with E-state index in [9.17, 15) is 0 Å². The van der Waals surface area contributed by atoms with E-state index in [1.807, 2.05) is 12.2 Å². The van der Waals surface area contributed by atoms with E-state index < -0.39 is 0 Å². The van der Waals surface area contributed by atoms with Crippen LogP contribution in [0.1, 0.15) is 0 Å². The standard InChI is InChI=1S/2C8H8N4S2/c2*1-2-3-14-8-6-5(9-4-10-6)7(13)11-12-8/h2*2,4H,1,3H2,(H,9,10)(H,11,13). The fraction of sp³-hybridized carbons (Fsp3) is 0.125. The maximum Gasteiger partial charge on any atom is 0.147 e. The van der Waals surface area contributed by atoms with E-state index in [1.165, 1.54) is 0 Å². The first kappa shape index (κ1) is 20.5. The average Bonchev–Trinajstić information content (AvgIpc) is 3.38. The molecule has 4 aromatic heterocycles. The molecule has 8 nitrogen and oxygen atoms in total. The Morgan fingerprint density at radius 1 is 0.821 bits per heavy atom. The molecule has 0 radical (unpaired) electrons. The van der Waals surface area contributed by atoms with Crippen LogP contribution in [0.15, 0.2) is 48.0 Å². The van der Waals surface area contributed by atoms with Gasteiger partial charge in [-0.3, -0.25) is 10.2 Å². The summed E-state index contributed by atoms with van der Waals surface area (Å²) in [6.07, 6.45) is 6.90. The molecule has 4 heterocycles. The van der Waals surface area contributed by atoms with Crippen LogP contribution < -0.4 is 0 Å². The average molecular weight is 449 g/mol. The fourth-order valence-electron chi connectivity index (χ4n) is 2.16. The number of aromatic amines is 4. The molecule has 0 aliphatic carbocycles. The zero-order chi connectivity index (χ0) is 19.9. The Labute approximate surface area is 178 Å². The number of rotatable bonds is 6. The molecule has 0 bridgehead atoms. The van der Waals surface area contributed by atoms with E-state index in [0.717, 1.165) is 43.6 Å². The minimum absolute atomic E-state index is 0.559. The molecule has 4 aromatic rings. The van der Waals surface area contributed by atoms with Crippen molar-refractivity contribution in [2.24, 2.45) is 0 Å². The van der Waals surface area contributed by atoms with E-state index in [-0.39, 0.29) is 0 Å². The van der Waals surface area contributed by atoms with Gasteiger partial charge in [0.15, 0.2) is 0 Å². The Kier molecular flexibility index (Phi) is 7.14. The quantitative estimate of drug-likeness (QED) is 0.192. The van der Waals surface area contributed by atoms with Crippen LogP contribution in [0.25, 0.3) is 22.1 Å². The van der Waals surface area contributed by atoms with Crippen LogP contribution in [-0.4, -0.2) is 51.8 Å². The first-order valence-electron chi connectivity index (χ1n) is 7.96. The van der Waals surface area contributed by atoms with Gasteiger partial charge in [-0.2, -0.15) is 10.2 Å². The van der Waals surface area contributed by atoms with Crippen LogP contribution in [0.3, 0.4) is 0 Å². The Hall–Kier alpha value is -2.28. The van der Waals surface area contributed by atoms with Crippen molar-refractivity contribution in [1.82, 2.24) is 40.3 Å². The van der Waals surface area contributed by atoms with Gasteiger partial charge in [0, 0.05) is 11.5 Å². The molecule has 12 heteroatoms. The number of fused-ring (bicyclic) bond motifs is 2. The topological polar surface area (TPSA) is 115 Å². The molecule has 0 fully saturated rings. The number of hydrogen-bond acceptors (Lipinski definition) is 8. The summed E-state index contributed by atoms with van der Waals surface area (Å²) in [6, 6.07) is 0. The van der Waals surface area contributed by atoms with Gasteiger partial charge in [0.05, 0.1) is 12.7 Å². The molecule has 0 atom stereocenters. The van der Waals surface area contributed by atoms with Crippen LogP contribution in [0.2, 0.25) is 0 Å². The van der Waals surface area contributed by atoms with Crippen molar-refractivity contribution in [1.29, 1.82) is 0 Å². The van der Waals surface area contributed by atoms with Crippen LogP contribution in [-0.2, 0) is 0 Å². The van der Waals surface area contributed by atoms with Crippen molar-refractivity contribution in [3.05, 3.63) is 47.2 Å². The Bertz CT molecular complexity index is 1120. The van der Waals surface area contributed by atoms with Crippen molar-refractivity contribution in [2.45, 2.75) is 10.1 Å². The van der Waals surface area contributed by atoms with Crippen LogP contribution in [0, 0.1) is 9.28 Å². The molecular formula is C16H16N8S4. The predicted molar refractivity (Wildman–Crippen MR) is 120 cm³/mol. The molecule has 0 amide bonds. The molecule has 144 valence electrons.